The molecule has 0 spiro atoms. The molecule has 6 heteroatoms. The van der Waals surface area contributed by atoms with Gasteiger partial charge in [0.15, 0.2) is 0 Å². The zero-order valence-corrected chi connectivity index (χ0v) is 15.3. The summed E-state index contributed by atoms with van der Waals surface area (Å²) >= 11 is 0. The fourth-order valence-corrected chi connectivity index (χ4v) is 2.95. The number of benzene rings is 3. The van der Waals surface area contributed by atoms with Crippen LogP contribution < -0.4 is 0 Å². The summed E-state index contributed by atoms with van der Waals surface area (Å²) in [6, 6.07) is 22.2. The normalized spacial score (nSPS) is 11.1. The zero-order chi connectivity index (χ0) is 20.2. The first-order chi connectivity index (χ1) is 14.1. The first kappa shape index (κ1) is 18.3. The SMILES string of the molecule is O=[N+]([O-])c1ccc(C=Cc2cn(-c3ccccc3)nc2-c2ccc(F)cc2)cc1. The Morgan fingerprint density at radius 1 is 0.897 bits per heavy atom. The maximum Gasteiger partial charge on any atom is 0.269 e. The Balaban J connectivity index is 1.73. The van der Waals surface area contributed by atoms with Gasteiger partial charge in [-0.05, 0) is 54.1 Å². The number of nitro benzene ring substituents is 1. The van der Waals surface area contributed by atoms with E-state index in [1.165, 1.54) is 24.3 Å². The topological polar surface area (TPSA) is 61.0 Å². The second-order valence-corrected chi connectivity index (χ2v) is 6.40. The number of aromatic nitrogens is 2. The minimum absolute atomic E-state index is 0.0473. The Labute approximate surface area is 166 Å². The van der Waals surface area contributed by atoms with E-state index in [0.29, 0.717) is 5.69 Å². The molecule has 0 radical (unpaired) electrons. The van der Waals surface area contributed by atoms with Crippen molar-refractivity contribution in [2.24, 2.45) is 0 Å². The number of para-hydroxylation sites is 1. The third-order valence-corrected chi connectivity index (χ3v) is 4.44. The molecule has 0 atom stereocenters. The van der Waals surface area contributed by atoms with E-state index < -0.39 is 4.92 Å². The van der Waals surface area contributed by atoms with E-state index in [9.17, 15) is 14.5 Å². The summed E-state index contributed by atoms with van der Waals surface area (Å²) in [4.78, 5) is 10.4. The first-order valence-corrected chi connectivity index (χ1v) is 8.94. The molecule has 3 aromatic carbocycles. The molecule has 4 rings (SSSR count). The van der Waals surface area contributed by atoms with E-state index in [1.807, 2.05) is 48.7 Å². The van der Waals surface area contributed by atoms with Crippen molar-refractivity contribution >= 4 is 17.8 Å². The number of halogens is 1. The van der Waals surface area contributed by atoms with Crippen LogP contribution in [-0.2, 0) is 0 Å². The van der Waals surface area contributed by atoms with Gasteiger partial charge < -0.3 is 0 Å². The lowest BCUT2D eigenvalue weighted by atomic mass is 10.1. The smallest absolute Gasteiger partial charge is 0.258 e. The number of nitrogens with zero attached hydrogens (tertiary/aromatic N) is 3. The number of hydrogen-bond donors (Lipinski definition) is 0. The largest absolute Gasteiger partial charge is 0.269 e. The van der Waals surface area contributed by atoms with E-state index >= 15 is 0 Å². The predicted octanol–water partition coefficient (Wildman–Crippen LogP) is 5.76. The van der Waals surface area contributed by atoms with Crippen LogP contribution in [0.3, 0.4) is 0 Å². The van der Waals surface area contributed by atoms with Gasteiger partial charge in [-0.1, -0.05) is 30.4 Å². The minimum Gasteiger partial charge on any atom is -0.258 e. The van der Waals surface area contributed by atoms with Crippen LogP contribution in [0.25, 0.3) is 29.1 Å². The second-order valence-electron chi connectivity index (χ2n) is 6.40. The summed E-state index contributed by atoms with van der Waals surface area (Å²) < 4.78 is 15.1. The van der Waals surface area contributed by atoms with Gasteiger partial charge >= 0.3 is 0 Å². The Kier molecular flexibility index (Phi) is 4.99. The summed E-state index contributed by atoms with van der Waals surface area (Å²) in [5.74, 6) is -0.306. The third kappa shape index (κ3) is 4.11. The highest BCUT2D eigenvalue weighted by molar-refractivity contribution is 5.79. The van der Waals surface area contributed by atoms with Gasteiger partial charge in [-0.15, -0.1) is 0 Å². The molecule has 0 aliphatic rings. The Hall–Kier alpha value is -4.06. The van der Waals surface area contributed by atoms with Crippen molar-refractivity contribution in [3.05, 3.63) is 112 Å². The molecule has 0 bridgehead atoms. The van der Waals surface area contributed by atoms with Gasteiger partial charge in [0.2, 0.25) is 0 Å². The van der Waals surface area contributed by atoms with Crippen LogP contribution in [0, 0.1) is 15.9 Å². The molecule has 1 aromatic heterocycles. The van der Waals surface area contributed by atoms with E-state index in [0.717, 1.165) is 22.4 Å². The Morgan fingerprint density at radius 3 is 2.24 bits per heavy atom. The molecule has 4 aromatic rings. The molecule has 0 saturated heterocycles. The summed E-state index contributed by atoms with van der Waals surface area (Å²) in [6.07, 6.45) is 5.66. The maximum atomic E-state index is 13.3. The third-order valence-electron chi connectivity index (χ3n) is 4.44. The first-order valence-electron chi connectivity index (χ1n) is 8.94. The van der Waals surface area contributed by atoms with Crippen molar-refractivity contribution in [1.82, 2.24) is 9.78 Å². The fraction of sp³-hybridized carbons (Fsp3) is 0. The van der Waals surface area contributed by atoms with E-state index in [4.69, 9.17) is 0 Å². The van der Waals surface area contributed by atoms with Crippen molar-refractivity contribution in [3.63, 3.8) is 0 Å². The van der Waals surface area contributed by atoms with E-state index in [2.05, 4.69) is 5.10 Å². The zero-order valence-electron chi connectivity index (χ0n) is 15.3. The highest BCUT2D eigenvalue weighted by Crippen LogP contribution is 2.26. The second kappa shape index (κ2) is 7.90. The van der Waals surface area contributed by atoms with Crippen LogP contribution in [0.2, 0.25) is 0 Å². The van der Waals surface area contributed by atoms with Crippen LogP contribution in [0.5, 0.6) is 0 Å². The van der Waals surface area contributed by atoms with Gasteiger partial charge in [0.1, 0.15) is 5.82 Å². The van der Waals surface area contributed by atoms with Crippen LogP contribution in [0.15, 0.2) is 85.1 Å². The maximum absolute atomic E-state index is 13.3. The highest BCUT2D eigenvalue weighted by atomic mass is 19.1. The van der Waals surface area contributed by atoms with Gasteiger partial charge in [0.25, 0.3) is 5.69 Å². The van der Waals surface area contributed by atoms with Crippen LogP contribution in [-0.4, -0.2) is 14.7 Å². The van der Waals surface area contributed by atoms with Gasteiger partial charge in [-0.3, -0.25) is 10.1 Å². The molecule has 142 valence electrons. The quantitative estimate of drug-likeness (QED) is 0.324. The van der Waals surface area contributed by atoms with Crippen LogP contribution in [0.1, 0.15) is 11.1 Å². The Morgan fingerprint density at radius 2 is 1.59 bits per heavy atom. The number of nitro groups is 1. The molecule has 0 fully saturated rings. The number of hydrogen-bond acceptors (Lipinski definition) is 3. The van der Waals surface area contributed by atoms with Crippen LogP contribution in [0.4, 0.5) is 10.1 Å². The lowest BCUT2D eigenvalue weighted by Gasteiger charge is -2.00. The molecule has 0 aliphatic heterocycles. The molecule has 0 N–H and O–H groups in total. The molecule has 1 heterocycles. The molecule has 0 amide bonds. The average molecular weight is 385 g/mol. The summed E-state index contributed by atoms with van der Waals surface area (Å²) in [7, 11) is 0. The predicted molar refractivity (Wildman–Crippen MR) is 111 cm³/mol. The van der Waals surface area contributed by atoms with Gasteiger partial charge in [-0.2, -0.15) is 5.10 Å². The lowest BCUT2D eigenvalue weighted by Crippen LogP contribution is -1.94. The van der Waals surface area contributed by atoms with Crippen molar-refractivity contribution in [2.75, 3.05) is 0 Å². The minimum atomic E-state index is -0.427. The van der Waals surface area contributed by atoms with Gasteiger partial charge in [-0.25, -0.2) is 9.07 Å². The molecular formula is C23H16FN3O2. The molecule has 0 unspecified atom stereocenters. The van der Waals surface area contributed by atoms with Crippen LogP contribution >= 0.6 is 0 Å². The standard InChI is InChI=1S/C23H16FN3O2/c24-20-12-10-18(11-13-20)23-19(16-26(25-23)21-4-2-1-3-5-21)9-6-17-7-14-22(15-8-17)27(28)29/h1-16H. The van der Waals surface area contributed by atoms with Crippen molar-refractivity contribution < 1.29 is 9.31 Å². The van der Waals surface area contributed by atoms with Crippen molar-refractivity contribution in [2.45, 2.75) is 0 Å². The van der Waals surface area contributed by atoms with E-state index in [-0.39, 0.29) is 11.5 Å². The summed E-state index contributed by atoms with van der Waals surface area (Å²) in [6.45, 7) is 0. The van der Waals surface area contributed by atoms with Crippen molar-refractivity contribution in [3.8, 4) is 16.9 Å². The Bertz CT molecular complexity index is 1170. The van der Waals surface area contributed by atoms with Crippen molar-refractivity contribution in [1.29, 1.82) is 0 Å². The summed E-state index contributed by atoms with van der Waals surface area (Å²) in [5.41, 5.74) is 4.14. The number of rotatable bonds is 5. The van der Waals surface area contributed by atoms with Gasteiger partial charge in [0.05, 0.1) is 16.3 Å². The molecular weight excluding hydrogens is 369 g/mol. The van der Waals surface area contributed by atoms with E-state index in [1.54, 1.807) is 28.9 Å². The summed E-state index contributed by atoms with van der Waals surface area (Å²) in [5, 5.41) is 15.5. The molecule has 0 saturated carbocycles. The highest BCUT2D eigenvalue weighted by Gasteiger charge is 2.11. The fourth-order valence-electron chi connectivity index (χ4n) is 2.95. The number of non-ortho nitro benzene ring substituents is 1. The lowest BCUT2D eigenvalue weighted by molar-refractivity contribution is -0.384. The monoisotopic (exact) mass is 385 g/mol. The average Bonchev–Trinajstić information content (AvgIpc) is 3.18. The molecule has 5 nitrogen and oxygen atoms in total. The van der Waals surface area contributed by atoms with Gasteiger partial charge in [0, 0.05) is 29.5 Å². The molecule has 0 aliphatic carbocycles. The molecule has 29 heavy (non-hydrogen) atoms.